The summed E-state index contributed by atoms with van der Waals surface area (Å²) < 4.78 is 0. The minimum Gasteiger partial charge on any atom is -0.192 e. The van der Waals surface area contributed by atoms with Gasteiger partial charge in [0.25, 0.3) is 0 Å². The molecule has 4 saturated carbocycles. The second-order valence-electron chi connectivity index (χ2n) is 11.7. The fourth-order valence-corrected chi connectivity index (χ4v) is 9.02. The summed E-state index contributed by atoms with van der Waals surface area (Å²) >= 11 is 0. The van der Waals surface area contributed by atoms with E-state index in [1.54, 1.807) is 11.1 Å². The highest BCUT2D eigenvalue weighted by Gasteiger charge is 2.61. The van der Waals surface area contributed by atoms with Gasteiger partial charge in [0.05, 0.1) is 11.6 Å². The summed E-state index contributed by atoms with van der Waals surface area (Å²) in [5.41, 5.74) is 12.1. The molecule has 1 nitrogen and oxygen atoms in total. The van der Waals surface area contributed by atoms with Gasteiger partial charge in [-0.1, -0.05) is 66.7 Å². The van der Waals surface area contributed by atoms with Crippen LogP contribution >= 0.6 is 0 Å². The zero-order valence-electron chi connectivity index (χ0n) is 20.5. The molecule has 36 heavy (non-hydrogen) atoms. The van der Waals surface area contributed by atoms with Gasteiger partial charge in [0.15, 0.2) is 0 Å². The smallest absolute Gasteiger partial charge is 0.0991 e. The normalized spacial score (nSPS) is 28.6. The molecule has 174 valence electrons. The number of hydrogen-bond acceptors (Lipinski definition) is 1. The fourth-order valence-electron chi connectivity index (χ4n) is 9.02. The Morgan fingerprint density at radius 3 is 1.94 bits per heavy atom. The summed E-state index contributed by atoms with van der Waals surface area (Å²) in [7, 11) is 0. The van der Waals surface area contributed by atoms with Gasteiger partial charge in [-0.05, 0) is 125 Å². The van der Waals surface area contributed by atoms with Gasteiger partial charge in [-0.15, -0.1) is 0 Å². The van der Waals surface area contributed by atoms with Crippen molar-refractivity contribution in [3.63, 3.8) is 0 Å². The lowest BCUT2D eigenvalue weighted by Crippen LogP contribution is -2.55. The highest BCUT2D eigenvalue weighted by molar-refractivity contribution is 5.95. The molecule has 0 saturated heterocycles. The minimum atomic E-state index is 0.144. The molecule has 0 radical (unpaired) electrons. The van der Waals surface area contributed by atoms with E-state index < -0.39 is 0 Å². The molecule has 4 aromatic rings. The summed E-state index contributed by atoms with van der Waals surface area (Å²) in [6.45, 7) is 0. The molecule has 0 heterocycles. The predicted octanol–water partition coefficient (Wildman–Crippen LogP) is 8.61. The summed E-state index contributed by atoms with van der Waals surface area (Å²) in [5.74, 6) is 3.36. The third kappa shape index (κ3) is 2.65. The highest BCUT2D eigenvalue weighted by Crippen LogP contribution is 2.70. The van der Waals surface area contributed by atoms with Gasteiger partial charge in [0, 0.05) is 5.41 Å². The van der Waals surface area contributed by atoms with Crippen LogP contribution in [0.5, 0.6) is 0 Å². The van der Waals surface area contributed by atoms with Crippen molar-refractivity contribution < 1.29 is 0 Å². The van der Waals surface area contributed by atoms with Crippen LogP contribution in [0.25, 0.3) is 33.4 Å². The topological polar surface area (TPSA) is 23.8 Å². The summed E-state index contributed by atoms with van der Waals surface area (Å²) in [6.07, 6.45) is 7.04. The first kappa shape index (κ1) is 20.6. The molecule has 0 amide bonds. The standard InChI is InChI=1S/C35H29N/c36-21-22-10-12-25(13-11-22)27-19-31(26-6-2-1-3-7-26)34-30-8-4-5-9-32(30)35(33(34)20-27)28-15-23-14-24(17-28)18-29(35)16-23/h1-13,19-20,23-24,28-29H,14-18H2. The molecule has 1 spiro atoms. The fraction of sp³-hybridized carbons (Fsp3) is 0.286. The molecule has 0 unspecified atom stereocenters. The Hall–Kier alpha value is -3.63. The number of benzene rings is 4. The average Bonchev–Trinajstić information content (AvgIpc) is 3.22. The van der Waals surface area contributed by atoms with Gasteiger partial charge in [0.2, 0.25) is 0 Å². The predicted molar refractivity (Wildman–Crippen MR) is 145 cm³/mol. The molecule has 4 fully saturated rings. The molecule has 5 aliphatic carbocycles. The zero-order chi connectivity index (χ0) is 23.9. The lowest BCUT2D eigenvalue weighted by Gasteiger charge is -2.61. The maximum absolute atomic E-state index is 9.35. The molecule has 4 bridgehead atoms. The Morgan fingerprint density at radius 1 is 0.583 bits per heavy atom. The molecular formula is C35H29N. The molecule has 0 atom stereocenters. The number of nitriles is 1. The first-order valence-corrected chi connectivity index (χ1v) is 13.6. The van der Waals surface area contributed by atoms with Crippen molar-refractivity contribution in [3.05, 3.63) is 108 Å². The summed E-state index contributed by atoms with van der Waals surface area (Å²) in [5, 5.41) is 9.35. The van der Waals surface area contributed by atoms with Crippen LogP contribution in [0.1, 0.15) is 48.8 Å². The lowest BCUT2D eigenvalue weighted by atomic mass is 9.43. The van der Waals surface area contributed by atoms with Crippen LogP contribution in [0.4, 0.5) is 0 Å². The molecule has 0 aromatic heterocycles. The first-order chi connectivity index (χ1) is 17.8. The van der Waals surface area contributed by atoms with E-state index in [0.717, 1.165) is 23.7 Å². The van der Waals surface area contributed by atoms with Crippen molar-refractivity contribution in [3.8, 4) is 39.4 Å². The average molecular weight is 464 g/mol. The minimum absolute atomic E-state index is 0.144. The van der Waals surface area contributed by atoms with Crippen molar-refractivity contribution in [2.75, 3.05) is 0 Å². The number of fused-ring (bicyclic) bond motifs is 3. The third-order valence-corrected chi connectivity index (χ3v) is 10.1. The van der Waals surface area contributed by atoms with E-state index in [9.17, 15) is 5.26 Å². The molecule has 4 aromatic carbocycles. The number of hydrogen-bond donors (Lipinski definition) is 0. The van der Waals surface area contributed by atoms with Gasteiger partial charge in [-0.3, -0.25) is 0 Å². The van der Waals surface area contributed by atoms with Crippen molar-refractivity contribution in [1.29, 1.82) is 5.26 Å². The monoisotopic (exact) mass is 463 g/mol. The van der Waals surface area contributed by atoms with Crippen LogP contribution in [0.2, 0.25) is 0 Å². The SMILES string of the molecule is N#Cc1ccc(-c2cc(-c3ccccc3)c3c(c2)C2(c4ccccc4-3)C3CC4CC(C3)CC2C4)cc1. The molecule has 9 rings (SSSR count). The summed E-state index contributed by atoms with van der Waals surface area (Å²) in [4.78, 5) is 0. The van der Waals surface area contributed by atoms with Crippen molar-refractivity contribution in [2.24, 2.45) is 23.7 Å². The van der Waals surface area contributed by atoms with Crippen molar-refractivity contribution in [2.45, 2.75) is 37.5 Å². The van der Waals surface area contributed by atoms with Gasteiger partial charge in [-0.25, -0.2) is 0 Å². The molecule has 5 aliphatic rings. The van der Waals surface area contributed by atoms with E-state index in [1.165, 1.54) is 65.5 Å². The van der Waals surface area contributed by atoms with E-state index in [2.05, 4.69) is 84.9 Å². The summed E-state index contributed by atoms with van der Waals surface area (Å²) in [6, 6.07) is 35.7. The van der Waals surface area contributed by atoms with Crippen LogP contribution in [0.3, 0.4) is 0 Å². The second kappa shape index (κ2) is 7.44. The lowest BCUT2D eigenvalue weighted by molar-refractivity contribution is -0.0399. The second-order valence-corrected chi connectivity index (χ2v) is 11.7. The maximum Gasteiger partial charge on any atom is 0.0991 e. The van der Waals surface area contributed by atoms with Crippen molar-refractivity contribution in [1.82, 2.24) is 0 Å². The van der Waals surface area contributed by atoms with Crippen LogP contribution < -0.4 is 0 Å². The van der Waals surface area contributed by atoms with Crippen molar-refractivity contribution >= 4 is 0 Å². The van der Waals surface area contributed by atoms with Gasteiger partial charge in [0.1, 0.15) is 0 Å². The molecule has 0 N–H and O–H groups in total. The molecule has 1 heteroatoms. The Labute approximate surface area is 213 Å². The van der Waals surface area contributed by atoms with Crippen LogP contribution in [0, 0.1) is 35.0 Å². The van der Waals surface area contributed by atoms with E-state index in [-0.39, 0.29) is 5.41 Å². The van der Waals surface area contributed by atoms with Gasteiger partial charge < -0.3 is 0 Å². The maximum atomic E-state index is 9.35. The van der Waals surface area contributed by atoms with Crippen LogP contribution in [-0.2, 0) is 5.41 Å². The highest BCUT2D eigenvalue weighted by atomic mass is 14.6. The number of nitrogens with zero attached hydrogens (tertiary/aromatic N) is 1. The molecular weight excluding hydrogens is 434 g/mol. The third-order valence-electron chi connectivity index (χ3n) is 10.1. The van der Waals surface area contributed by atoms with Gasteiger partial charge in [-0.2, -0.15) is 5.26 Å². The van der Waals surface area contributed by atoms with Gasteiger partial charge >= 0.3 is 0 Å². The van der Waals surface area contributed by atoms with Crippen LogP contribution in [-0.4, -0.2) is 0 Å². The Balaban J connectivity index is 1.45. The largest absolute Gasteiger partial charge is 0.192 e. The Bertz CT molecular complexity index is 1510. The molecule has 0 aliphatic heterocycles. The quantitative estimate of drug-likeness (QED) is 0.292. The first-order valence-electron chi connectivity index (χ1n) is 13.6. The number of rotatable bonds is 2. The van der Waals surface area contributed by atoms with E-state index in [4.69, 9.17) is 0 Å². The Kier molecular flexibility index (Phi) is 4.25. The Morgan fingerprint density at radius 2 is 1.25 bits per heavy atom. The van der Waals surface area contributed by atoms with E-state index in [0.29, 0.717) is 5.56 Å². The van der Waals surface area contributed by atoms with E-state index in [1.807, 2.05) is 12.1 Å². The van der Waals surface area contributed by atoms with E-state index >= 15 is 0 Å². The zero-order valence-corrected chi connectivity index (χ0v) is 20.5. The van der Waals surface area contributed by atoms with Crippen LogP contribution in [0.15, 0.2) is 91.0 Å².